The standard InChI is InChI=1S/C36H38Cl2N2O2/c1-25(35-9-5-6-19-39-35)42-30-13-10-26(11-14-30)21-36-32-16-15-31(41-24-27-7-3-2-4-8-27)22-28(32)18-20-40(36)29-12-17-33(37)34(38)23-29/h2-4,7-8,10-17,22-23,25,35-36,39H,5-6,9,18-21,24H2,1H3. The van der Waals surface area contributed by atoms with Crippen LogP contribution < -0.4 is 19.7 Å². The fraction of sp³-hybridized carbons (Fsp3) is 0.333. The number of anilines is 1. The molecule has 4 nitrogen and oxygen atoms in total. The van der Waals surface area contributed by atoms with Crippen molar-refractivity contribution in [2.45, 2.75) is 63.8 Å². The molecule has 6 rings (SSSR count). The topological polar surface area (TPSA) is 33.7 Å². The van der Waals surface area contributed by atoms with Crippen LogP contribution in [0.5, 0.6) is 11.5 Å². The number of nitrogens with one attached hydrogen (secondary N) is 1. The first-order valence-corrected chi connectivity index (χ1v) is 15.8. The Morgan fingerprint density at radius 3 is 2.43 bits per heavy atom. The molecular weight excluding hydrogens is 563 g/mol. The van der Waals surface area contributed by atoms with E-state index >= 15 is 0 Å². The zero-order valence-corrected chi connectivity index (χ0v) is 25.6. The molecular formula is C36H38Cl2N2O2. The minimum atomic E-state index is 0.143. The monoisotopic (exact) mass is 600 g/mol. The molecule has 3 atom stereocenters. The van der Waals surface area contributed by atoms with E-state index in [4.69, 9.17) is 32.7 Å². The van der Waals surface area contributed by atoms with E-state index in [-0.39, 0.29) is 12.1 Å². The molecule has 2 aliphatic rings. The minimum absolute atomic E-state index is 0.143. The third-order valence-corrected chi connectivity index (χ3v) is 9.28. The Balaban J connectivity index is 1.22. The molecule has 2 aliphatic heterocycles. The van der Waals surface area contributed by atoms with Gasteiger partial charge in [-0.2, -0.15) is 0 Å². The molecule has 0 bridgehead atoms. The van der Waals surface area contributed by atoms with Crippen LogP contribution in [-0.4, -0.2) is 25.2 Å². The molecule has 4 aromatic rings. The van der Waals surface area contributed by atoms with Crippen LogP contribution in [0.2, 0.25) is 10.0 Å². The van der Waals surface area contributed by atoms with E-state index in [0.29, 0.717) is 22.7 Å². The molecule has 0 amide bonds. The third-order valence-electron chi connectivity index (χ3n) is 8.54. The maximum Gasteiger partial charge on any atom is 0.120 e. The molecule has 4 aromatic carbocycles. The summed E-state index contributed by atoms with van der Waals surface area (Å²) >= 11 is 12.7. The van der Waals surface area contributed by atoms with Gasteiger partial charge in [0.15, 0.2) is 0 Å². The third kappa shape index (κ3) is 6.89. The second-order valence-electron chi connectivity index (χ2n) is 11.4. The molecule has 0 aromatic heterocycles. The average molecular weight is 602 g/mol. The Morgan fingerprint density at radius 1 is 0.857 bits per heavy atom. The zero-order chi connectivity index (χ0) is 28.9. The first-order chi connectivity index (χ1) is 20.5. The summed E-state index contributed by atoms with van der Waals surface area (Å²) in [7, 11) is 0. The van der Waals surface area contributed by atoms with Gasteiger partial charge in [0, 0.05) is 18.3 Å². The van der Waals surface area contributed by atoms with Crippen LogP contribution in [0.4, 0.5) is 5.69 Å². The van der Waals surface area contributed by atoms with Gasteiger partial charge in [0.1, 0.15) is 24.2 Å². The van der Waals surface area contributed by atoms with Gasteiger partial charge in [0.05, 0.1) is 16.1 Å². The second kappa shape index (κ2) is 13.4. The van der Waals surface area contributed by atoms with Crippen molar-refractivity contribution in [3.63, 3.8) is 0 Å². The van der Waals surface area contributed by atoms with Crippen molar-refractivity contribution in [3.05, 3.63) is 123 Å². The van der Waals surface area contributed by atoms with Crippen molar-refractivity contribution >= 4 is 28.9 Å². The molecule has 0 spiro atoms. The second-order valence-corrected chi connectivity index (χ2v) is 12.2. The number of benzene rings is 4. The summed E-state index contributed by atoms with van der Waals surface area (Å²) in [6.07, 6.45) is 5.62. The van der Waals surface area contributed by atoms with E-state index in [0.717, 1.165) is 48.7 Å². The maximum atomic E-state index is 6.47. The summed E-state index contributed by atoms with van der Waals surface area (Å²) < 4.78 is 12.5. The quantitative estimate of drug-likeness (QED) is 0.208. The lowest BCUT2D eigenvalue weighted by Crippen LogP contribution is -2.44. The maximum absolute atomic E-state index is 6.47. The van der Waals surface area contributed by atoms with Crippen molar-refractivity contribution < 1.29 is 9.47 Å². The highest BCUT2D eigenvalue weighted by atomic mass is 35.5. The normalized spacial score (nSPS) is 19.2. The summed E-state index contributed by atoms with van der Waals surface area (Å²) in [6, 6.07) is 32.0. The molecule has 0 aliphatic carbocycles. The summed E-state index contributed by atoms with van der Waals surface area (Å²) in [4.78, 5) is 2.45. The summed E-state index contributed by atoms with van der Waals surface area (Å²) in [5, 5.41) is 4.75. The lowest BCUT2D eigenvalue weighted by Gasteiger charge is -2.39. The van der Waals surface area contributed by atoms with Crippen LogP contribution >= 0.6 is 23.2 Å². The summed E-state index contributed by atoms with van der Waals surface area (Å²) in [6.45, 7) is 4.69. The van der Waals surface area contributed by atoms with Gasteiger partial charge in [-0.05, 0) is 104 Å². The van der Waals surface area contributed by atoms with Crippen LogP contribution in [0.25, 0.3) is 0 Å². The van der Waals surface area contributed by atoms with E-state index in [1.54, 1.807) is 0 Å². The molecule has 0 radical (unpaired) electrons. The Labute approximate surface area is 259 Å². The van der Waals surface area contributed by atoms with E-state index in [2.05, 4.69) is 77.8 Å². The number of piperidine rings is 1. The van der Waals surface area contributed by atoms with Crippen molar-refractivity contribution in [2.24, 2.45) is 0 Å². The van der Waals surface area contributed by atoms with Gasteiger partial charge in [-0.15, -0.1) is 0 Å². The van der Waals surface area contributed by atoms with Gasteiger partial charge >= 0.3 is 0 Å². The van der Waals surface area contributed by atoms with Gasteiger partial charge in [0.2, 0.25) is 0 Å². The van der Waals surface area contributed by atoms with E-state index in [1.165, 1.54) is 36.0 Å². The Bertz CT molecular complexity index is 1470. The number of fused-ring (bicyclic) bond motifs is 1. The lowest BCUT2D eigenvalue weighted by molar-refractivity contribution is 0.152. The Morgan fingerprint density at radius 2 is 1.67 bits per heavy atom. The molecule has 1 fully saturated rings. The number of nitrogens with zero attached hydrogens (tertiary/aromatic N) is 1. The fourth-order valence-corrected chi connectivity index (χ4v) is 6.51. The smallest absolute Gasteiger partial charge is 0.120 e. The number of hydrogen-bond acceptors (Lipinski definition) is 4. The zero-order valence-electron chi connectivity index (χ0n) is 24.1. The van der Waals surface area contributed by atoms with Crippen molar-refractivity contribution in [1.82, 2.24) is 5.32 Å². The van der Waals surface area contributed by atoms with Gasteiger partial charge in [-0.1, -0.05) is 78.2 Å². The molecule has 6 heteroatoms. The van der Waals surface area contributed by atoms with Crippen LogP contribution in [0.1, 0.15) is 54.5 Å². The molecule has 1 saturated heterocycles. The predicted molar refractivity (Wildman–Crippen MR) is 173 cm³/mol. The highest BCUT2D eigenvalue weighted by molar-refractivity contribution is 6.42. The van der Waals surface area contributed by atoms with Crippen LogP contribution in [0, 0.1) is 0 Å². The summed E-state index contributed by atoms with van der Waals surface area (Å²) in [5.41, 5.74) is 6.15. The van der Waals surface area contributed by atoms with E-state index in [1.807, 2.05) is 30.3 Å². The van der Waals surface area contributed by atoms with Gasteiger partial charge < -0.3 is 19.7 Å². The number of halogens is 2. The van der Waals surface area contributed by atoms with Gasteiger partial charge in [-0.25, -0.2) is 0 Å². The van der Waals surface area contributed by atoms with Crippen LogP contribution in [-0.2, 0) is 19.4 Å². The molecule has 0 saturated carbocycles. The molecule has 218 valence electrons. The Kier molecular flexibility index (Phi) is 9.24. The van der Waals surface area contributed by atoms with E-state index in [9.17, 15) is 0 Å². The Hall–Kier alpha value is -3.18. The molecule has 2 heterocycles. The van der Waals surface area contributed by atoms with Crippen molar-refractivity contribution in [2.75, 3.05) is 18.0 Å². The lowest BCUT2D eigenvalue weighted by atomic mass is 9.88. The number of ether oxygens (including phenoxy) is 2. The number of hydrogen-bond donors (Lipinski definition) is 1. The summed E-state index contributed by atoms with van der Waals surface area (Å²) in [5.74, 6) is 1.83. The van der Waals surface area contributed by atoms with Crippen molar-refractivity contribution in [3.8, 4) is 11.5 Å². The number of rotatable bonds is 9. The molecule has 42 heavy (non-hydrogen) atoms. The fourth-order valence-electron chi connectivity index (χ4n) is 6.22. The first-order valence-electron chi connectivity index (χ1n) is 15.0. The van der Waals surface area contributed by atoms with Crippen LogP contribution in [0.15, 0.2) is 91.0 Å². The SMILES string of the molecule is CC(Oc1ccc(CC2c3ccc(OCc4ccccc4)cc3CCN2c2ccc(Cl)c(Cl)c2)cc1)C1CCCCN1. The van der Waals surface area contributed by atoms with Gasteiger partial charge in [-0.3, -0.25) is 0 Å². The average Bonchev–Trinajstić information content (AvgIpc) is 3.03. The minimum Gasteiger partial charge on any atom is -0.489 e. The van der Waals surface area contributed by atoms with Crippen molar-refractivity contribution in [1.29, 1.82) is 0 Å². The highest BCUT2D eigenvalue weighted by Crippen LogP contribution is 2.39. The molecule has 3 unspecified atom stereocenters. The van der Waals surface area contributed by atoms with Gasteiger partial charge in [0.25, 0.3) is 0 Å². The van der Waals surface area contributed by atoms with Crippen LogP contribution in [0.3, 0.4) is 0 Å². The first kappa shape index (κ1) is 28.9. The molecule has 1 N–H and O–H groups in total. The largest absolute Gasteiger partial charge is 0.489 e. The highest BCUT2D eigenvalue weighted by Gasteiger charge is 2.29. The predicted octanol–water partition coefficient (Wildman–Crippen LogP) is 8.83. The van der Waals surface area contributed by atoms with E-state index < -0.39 is 0 Å².